The number of morpholine rings is 1. The van der Waals surface area contributed by atoms with E-state index in [2.05, 4.69) is 30.8 Å². The second kappa shape index (κ2) is 11.8. The summed E-state index contributed by atoms with van der Waals surface area (Å²) in [7, 11) is 4.53. The van der Waals surface area contributed by atoms with Gasteiger partial charge >= 0.3 is 6.09 Å². The minimum absolute atomic E-state index is 0.0506. The van der Waals surface area contributed by atoms with Crippen LogP contribution in [0.3, 0.4) is 0 Å². The first kappa shape index (κ1) is 29.2. The van der Waals surface area contributed by atoms with Crippen molar-refractivity contribution < 1.29 is 28.3 Å². The van der Waals surface area contributed by atoms with Crippen molar-refractivity contribution in [2.75, 3.05) is 24.7 Å². The quantitative estimate of drug-likeness (QED) is 0.128. The van der Waals surface area contributed by atoms with E-state index in [0.29, 0.717) is 54.8 Å². The topological polar surface area (TPSA) is 97.0 Å². The first-order valence-corrected chi connectivity index (χ1v) is 15.7. The molecule has 8 heteroatoms. The number of hydrogen-bond donors (Lipinski definition) is 2. The highest BCUT2D eigenvalue weighted by molar-refractivity contribution is 5.96. The molecule has 2 bridgehead atoms. The molecule has 8 nitrogen and oxygen atoms in total. The van der Waals surface area contributed by atoms with Gasteiger partial charge in [0.1, 0.15) is 36.7 Å². The van der Waals surface area contributed by atoms with Crippen LogP contribution in [0.25, 0.3) is 21.9 Å². The Balaban J connectivity index is 0.971. The molecule has 4 aromatic carbocycles. The lowest BCUT2D eigenvalue weighted by molar-refractivity contribution is -0.938. The molecule has 2 N–H and O–H groups in total. The average molecular weight is 605 g/mol. The molecule has 2 amide bonds. The first-order valence-electron chi connectivity index (χ1n) is 15.7. The minimum Gasteiger partial charge on any atom is -0.445 e. The van der Waals surface area contributed by atoms with E-state index in [0.717, 1.165) is 56.8 Å². The molecule has 3 aliphatic heterocycles. The Morgan fingerprint density at radius 2 is 1.62 bits per heavy atom. The summed E-state index contributed by atoms with van der Waals surface area (Å²) >= 11 is 0. The van der Waals surface area contributed by atoms with Gasteiger partial charge in [0.15, 0.2) is 0 Å². The number of aldehydes is 1. The van der Waals surface area contributed by atoms with Crippen LogP contribution >= 0.6 is 0 Å². The third kappa shape index (κ3) is 5.95. The van der Waals surface area contributed by atoms with E-state index in [-0.39, 0.29) is 12.0 Å². The molecule has 230 valence electrons. The lowest BCUT2D eigenvalue weighted by Crippen LogP contribution is -2.60. The van der Waals surface area contributed by atoms with Crippen molar-refractivity contribution in [3.05, 3.63) is 96.1 Å². The van der Waals surface area contributed by atoms with Crippen LogP contribution in [0.4, 0.5) is 16.2 Å². The highest BCUT2D eigenvalue weighted by Gasteiger charge is 2.70. The van der Waals surface area contributed by atoms with Gasteiger partial charge in [0, 0.05) is 36.1 Å². The number of benzene rings is 4. The third-order valence-corrected chi connectivity index (χ3v) is 9.87. The molecule has 5 atom stereocenters. The Kier molecular flexibility index (Phi) is 7.63. The third-order valence-electron chi connectivity index (χ3n) is 9.87. The van der Waals surface area contributed by atoms with Crippen LogP contribution in [-0.2, 0) is 20.7 Å². The minimum atomic E-state index is -0.430. The zero-order chi connectivity index (χ0) is 31.1. The van der Waals surface area contributed by atoms with E-state index in [1.165, 1.54) is 0 Å². The molecule has 0 radical (unpaired) electrons. The normalized spacial score (nSPS) is 24.0. The van der Waals surface area contributed by atoms with Crippen LogP contribution < -0.4 is 10.6 Å². The maximum Gasteiger partial charge on any atom is 0.411 e. The maximum absolute atomic E-state index is 13.1. The predicted molar refractivity (Wildman–Crippen MR) is 174 cm³/mol. The average Bonchev–Trinajstić information content (AvgIpc) is 3.81. The molecule has 3 aliphatic rings. The Morgan fingerprint density at radius 1 is 0.889 bits per heavy atom. The van der Waals surface area contributed by atoms with Crippen LogP contribution in [0.15, 0.2) is 84.9 Å². The SMILES string of the molecule is C[N+]1(C)[C@@H]2CC(OC(=O)Nc3ccc(CCCC(=O)Nc4ccc5cc(C=O)ccc5c4)cc3-c3ccccc3)C[C@H]1[C@@H]1O[C@@H]12. The summed E-state index contributed by atoms with van der Waals surface area (Å²) < 4.78 is 12.8. The lowest BCUT2D eigenvalue weighted by Gasteiger charge is -2.45. The number of nitrogens with one attached hydrogen (secondary N) is 2. The van der Waals surface area contributed by atoms with Gasteiger partial charge in [-0.25, -0.2) is 4.79 Å². The van der Waals surface area contributed by atoms with Gasteiger partial charge in [0.05, 0.1) is 19.8 Å². The van der Waals surface area contributed by atoms with E-state index in [1.54, 1.807) is 6.07 Å². The smallest absolute Gasteiger partial charge is 0.411 e. The Hall–Kier alpha value is -4.53. The lowest BCUT2D eigenvalue weighted by atomic mass is 9.96. The summed E-state index contributed by atoms with van der Waals surface area (Å²) in [5.74, 6) is -0.0506. The van der Waals surface area contributed by atoms with Gasteiger partial charge in [0.25, 0.3) is 0 Å². The fourth-order valence-corrected chi connectivity index (χ4v) is 7.40. The number of ether oxygens (including phenoxy) is 2. The Labute approximate surface area is 262 Å². The standard InChI is InChI=1S/C37H37N3O5/c1-40(2)32-20-29(21-33(40)36-35(32)45-36)44-37(43)39-31-16-12-23(18-30(31)25-8-4-3-5-9-25)7-6-10-34(42)38-28-15-14-26-17-24(22-41)11-13-27(26)19-28/h3-5,8-9,11-19,22,29,32-33,35-36H,6-7,10,20-21H2,1-2H3,(H-,38,39,41,42,43)/p+1/t29?,32-,33+,35-,36+. The van der Waals surface area contributed by atoms with Crippen LogP contribution in [0.5, 0.6) is 0 Å². The number of aryl methyl sites for hydroxylation is 1. The first-order chi connectivity index (χ1) is 21.8. The van der Waals surface area contributed by atoms with Gasteiger partial charge in [0.2, 0.25) is 5.91 Å². The van der Waals surface area contributed by atoms with E-state index in [4.69, 9.17) is 9.47 Å². The largest absolute Gasteiger partial charge is 0.445 e. The summed E-state index contributed by atoms with van der Waals surface area (Å²) in [5, 5.41) is 7.92. The number of carbonyl (C=O) groups is 3. The second-order valence-electron chi connectivity index (χ2n) is 13.0. The van der Waals surface area contributed by atoms with E-state index < -0.39 is 6.09 Å². The van der Waals surface area contributed by atoms with Crippen molar-refractivity contribution in [2.45, 2.75) is 62.5 Å². The highest BCUT2D eigenvalue weighted by atomic mass is 16.6. The van der Waals surface area contributed by atoms with Crippen LogP contribution in [0.2, 0.25) is 0 Å². The van der Waals surface area contributed by atoms with Gasteiger partial charge < -0.3 is 19.3 Å². The number of quaternary nitrogens is 1. The van der Waals surface area contributed by atoms with Gasteiger partial charge in [-0.2, -0.15) is 0 Å². The number of anilines is 2. The van der Waals surface area contributed by atoms with Crippen LogP contribution in [-0.4, -0.2) is 67.3 Å². The predicted octanol–water partition coefficient (Wildman–Crippen LogP) is 6.59. The number of likely N-dealkylation sites (N-methyl/N-ethyl adjacent to an activating group) is 1. The molecule has 3 heterocycles. The number of nitrogens with zero attached hydrogens (tertiary/aromatic N) is 1. The van der Waals surface area contributed by atoms with E-state index >= 15 is 0 Å². The summed E-state index contributed by atoms with van der Waals surface area (Å²) in [4.78, 5) is 36.9. The number of hydrogen-bond acceptors (Lipinski definition) is 5. The molecule has 0 aliphatic carbocycles. The number of piperidine rings is 1. The van der Waals surface area contributed by atoms with E-state index in [1.807, 2.05) is 72.8 Å². The Morgan fingerprint density at radius 3 is 2.38 bits per heavy atom. The Bertz CT molecular complexity index is 1750. The number of epoxide rings is 1. The zero-order valence-electron chi connectivity index (χ0n) is 25.6. The van der Waals surface area contributed by atoms with Crippen molar-refractivity contribution >= 4 is 40.4 Å². The van der Waals surface area contributed by atoms with Crippen molar-refractivity contribution in [3.63, 3.8) is 0 Å². The van der Waals surface area contributed by atoms with Crippen molar-refractivity contribution in [3.8, 4) is 11.1 Å². The number of carbonyl (C=O) groups excluding carboxylic acids is 3. The molecule has 1 unspecified atom stereocenters. The number of amides is 2. The molecular formula is C37H38N3O5+. The van der Waals surface area contributed by atoms with E-state index in [9.17, 15) is 14.4 Å². The maximum atomic E-state index is 13.1. The van der Waals surface area contributed by atoms with Gasteiger partial charge in [-0.1, -0.05) is 54.6 Å². The molecule has 3 saturated heterocycles. The molecule has 4 aromatic rings. The molecule has 0 saturated carbocycles. The number of fused-ring (bicyclic) bond motifs is 6. The molecule has 0 aromatic heterocycles. The summed E-state index contributed by atoms with van der Waals surface area (Å²) in [6, 6.07) is 27.9. The summed E-state index contributed by atoms with van der Waals surface area (Å²) in [5.41, 5.74) is 5.05. The molecular weight excluding hydrogens is 566 g/mol. The van der Waals surface area contributed by atoms with Gasteiger partial charge in [-0.3, -0.25) is 14.9 Å². The van der Waals surface area contributed by atoms with Crippen LogP contribution in [0.1, 0.15) is 41.6 Å². The molecule has 0 spiro atoms. The fraction of sp³-hybridized carbons (Fsp3) is 0.324. The summed E-state index contributed by atoms with van der Waals surface area (Å²) in [6.07, 6.45) is 4.31. The van der Waals surface area contributed by atoms with Crippen LogP contribution in [0, 0.1) is 0 Å². The van der Waals surface area contributed by atoms with Crippen molar-refractivity contribution in [1.29, 1.82) is 0 Å². The van der Waals surface area contributed by atoms with Crippen molar-refractivity contribution in [1.82, 2.24) is 0 Å². The highest BCUT2D eigenvalue weighted by Crippen LogP contribution is 2.51. The zero-order valence-corrected chi connectivity index (χ0v) is 25.6. The number of rotatable bonds is 9. The second-order valence-corrected chi connectivity index (χ2v) is 13.0. The monoisotopic (exact) mass is 604 g/mol. The molecule has 7 rings (SSSR count). The van der Waals surface area contributed by atoms with Gasteiger partial charge in [-0.15, -0.1) is 0 Å². The summed E-state index contributed by atoms with van der Waals surface area (Å²) in [6.45, 7) is 0. The van der Waals surface area contributed by atoms with Gasteiger partial charge in [-0.05, 0) is 65.1 Å². The molecule has 45 heavy (non-hydrogen) atoms. The van der Waals surface area contributed by atoms with Crippen molar-refractivity contribution in [2.24, 2.45) is 0 Å². The molecule has 3 fully saturated rings. The fourth-order valence-electron chi connectivity index (χ4n) is 7.40.